The second-order valence-corrected chi connectivity index (χ2v) is 8.45. The Morgan fingerprint density at radius 2 is 1.83 bits per heavy atom. The fourth-order valence-corrected chi connectivity index (χ4v) is 3.74. The van der Waals surface area contributed by atoms with Crippen LogP contribution in [0.1, 0.15) is 51.4 Å². The highest BCUT2D eigenvalue weighted by Crippen LogP contribution is 2.41. The topological polar surface area (TPSA) is 81.5 Å². The minimum Gasteiger partial charge on any atom is -0.508 e. The Morgan fingerprint density at radius 3 is 2.45 bits per heavy atom. The molecule has 0 amide bonds. The maximum atomic E-state index is 13.1. The van der Waals surface area contributed by atoms with Gasteiger partial charge in [0.15, 0.2) is 5.78 Å². The summed E-state index contributed by atoms with van der Waals surface area (Å²) in [7, 11) is 0. The Morgan fingerprint density at radius 1 is 1.14 bits per heavy atom. The van der Waals surface area contributed by atoms with Gasteiger partial charge in [0, 0.05) is 5.69 Å². The SMILES string of the molecule is CCc1ccc(Oc2nc(C)cc(Cl)n2)cc1C1=C(O)C(C)(C)OC(C)(C)C1=O. The van der Waals surface area contributed by atoms with Crippen LogP contribution in [0.4, 0.5) is 0 Å². The zero-order chi connectivity index (χ0) is 21.6. The summed E-state index contributed by atoms with van der Waals surface area (Å²) < 4.78 is 11.6. The number of Topliss-reactive ketones (excluding diaryl/α,β-unsaturated/α-hetero) is 1. The predicted octanol–water partition coefficient (Wildman–Crippen LogP) is 5.22. The van der Waals surface area contributed by atoms with E-state index in [2.05, 4.69) is 9.97 Å². The standard InChI is InChI=1S/C22H25ClN2O4/c1-7-13-8-9-14(28-20-24-12(2)10-16(23)25-20)11-15(13)17-18(26)21(3,4)29-22(5,6)19(17)27/h8-11,26H,7H2,1-6H3. The molecule has 1 aromatic carbocycles. The van der Waals surface area contributed by atoms with Gasteiger partial charge >= 0.3 is 6.01 Å². The van der Waals surface area contributed by atoms with Crippen molar-refractivity contribution in [3.05, 3.63) is 52.0 Å². The van der Waals surface area contributed by atoms with Gasteiger partial charge in [-0.1, -0.05) is 24.6 Å². The van der Waals surface area contributed by atoms with Crippen molar-refractivity contribution in [1.82, 2.24) is 9.97 Å². The quantitative estimate of drug-likeness (QED) is 0.688. The minimum absolute atomic E-state index is 0.0940. The Labute approximate surface area is 175 Å². The Bertz CT molecular complexity index is 992. The van der Waals surface area contributed by atoms with Crippen molar-refractivity contribution < 1.29 is 19.4 Å². The van der Waals surface area contributed by atoms with Crippen LogP contribution < -0.4 is 4.74 Å². The molecule has 0 saturated heterocycles. The number of aliphatic hydroxyl groups is 1. The second kappa shape index (κ2) is 7.43. The number of carbonyl (C=O) groups excluding carboxylic acids is 1. The van der Waals surface area contributed by atoms with Crippen molar-refractivity contribution in [2.24, 2.45) is 0 Å². The molecule has 1 aliphatic rings. The van der Waals surface area contributed by atoms with E-state index >= 15 is 0 Å². The third-order valence-electron chi connectivity index (χ3n) is 4.83. The molecule has 2 aromatic rings. The lowest BCUT2D eigenvalue weighted by Gasteiger charge is -2.40. The highest BCUT2D eigenvalue weighted by molar-refractivity contribution is 6.29. The predicted molar refractivity (Wildman–Crippen MR) is 111 cm³/mol. The number of aromatic nitrogens is 2. The number of nitrogens with zero attached hydrogens (tertiary/aromatic N) is 2. The van der Waals surface area contributed by atoms with Gasteiger partial charge in [-0.2, -0.15) is 4.98 Å². The molecule has 7 heteroatoms. The number of benzene rings is 1. The molecule has 0 atom stereocenters. The fourth-order valence-electron chi connectivity index (χ4n) is 3.51. The van der Waals surface area contributed by atoms with Crippen LogP contribution in [-0.2, 0) is 16.0 Å². The zero-order valence-electron chi connectivity index (χ0n) is 17.5. The molecule has 0 radical (unpaired) electrons. The summed E-state index contributed by atoms with van der Waals surface area (Å²) in [6.45, 7) is 10.7. The van der Waals surface area contributed by atoms with Gasteiger partial charge < -0.3 is 14.6 Å². The number of aryl methyl sites for hydroxylation is 2. The molecular formula is C22H25ClN2O4. The van der Waals surface area contributed by atoms with Gasteiger partial charge in [-0.25, -0.2) is 4.98 Å². The number of halogens is 1. The summed E-state index contributed by atoms with van der Waals surface area (Å²) in [4.78, 5) is 21.4. The number of aliphatic hydroxyl groups excluding tert-OH is 1. The van der Waals surface area contributed by atoms with Crippen LogP contribution in [0.5, 0.6) is 11.8 Å². The van der Waals surface area contributed by atoms with Crippen LogP contribution in [0.25, 0.3) is 5.57 Å². The van der Waals surface area contributed by atoms with Crippen LogP contribution in [0.3, 0.4) is 0 Å². The number of ketones is 1. The van der Waals surface area contributed by atoms with E-state index in [4.69, 9.17) is 21.1 Å². The molecule has 0 bridgehead atoms. The average Bonchev–Trinajstić information content (AvgIpc) is 2.59. The van der Waals surface area contributed by atoms with Crippen LogP contribution in [0, 0.1) is 6.92 Å². The molecule has 154 valence electrons. The minimum atomic E-state index is -1.07. The molecule has 2 heterocycles. The lowest BCUT2D eigenvalue weighted by molar-refractivity contribution is -0.158. The average molecular weight is 417 g/mol. The van der Waals surface area contributed by atoms with Gasteiger partial charge in [-0.15, -0.1) is 0 Å². The second-order valence-electron chi connectivity index (χ2n) is 8.06. The van der Waals surface area contributed by atoms with E-state index in [1.807, 2.05) is 13.0 Å². The lowest BCUT2D eigenvalue weighted by Crippen LogP contribution is -2.49. The first kappa shape index (κ1) is 21.3. The molecule has 3 rings (SSSR count). The van der Waals surface area contributed by atoms with E-state index in [1.165, 1.54) is 0 Å². The van der Waals surface area contributed by atoms with E-state index in [9.17, 15) is 9.90 Å². The van der Waals surface area contributed by atoms with E-state index in [-0.39, 0.29) is 28.3 Å². The van der Waals surface area contributed by atoms with Gasteiger partial charge in [-0.3, -0.25) is 4.79 Å². The molecule has 6 nitrogen and oxygen atoms in total. The molecule has 1 aromatic heterocycles. The maximum absolute atomic E-state index is 13.1. The largest absolute Gasteiger partial charge is 0.508 e. The van der Waals surface area contributed by atoms with E-state index in [0.29, 0.717) is 23.4 Å². The highest BCUT2D eigenvalue weighted by atomic mass is 35.5. The summed E-state index contributed by atoms with van der Waals surface area (Å²) in [5, 5.41) is 11.2. The van der Waals surface area contributed by atoms with Crippen molar-refractivity contribution in [3.8, 4) is 11.8 Å². The summed E-state index contributed by atoms with van der Waals surface area (Å²) in [5.41, 5.74) is 0.368. The van der Waals surface area contributed by atoms with Gasteiger partial charge in [0.1, 0.15) is 27.9 Å². The van der Waals surface area contributed by atoms with Crippen molar-refractivity contribution in [2.75, 3.05) is 0 Å². The van der Waals surface area contributed by atoms with Crippen LogP contribution in [0.2, 0.25) is 5.15 Å². The smallest absolute Gasteiger partial charge is 0.323 e. The number of ether oxygens (including phenoxy) is 2. The Kier molecular flexibility index (Phi) is 5.45. The molecule has 0 fully saturated rings. The maximum Gasteiger partial charge on any atom is 0.323 e. The van der Waals surface area contributed by atoms with Gasteiger partial charge in [-0.05, 0) is 70.4 Å². The van der Waals surface area contributed by atoms with E-state index in [1.54, 1.807) is 52.8 Å². The molecule has 1 aliphatic heterocycles. The molecule has 29 heavy (non-hydrogen) atoms. The summed E-state index contributed by atoms with van der Waals surface area (Å²) in [6.07, 6.45) is 0.675. The molecular weight excluding hydrogens is 392 g/mol. The molecule has 0 unspecified atom stereocenters. The summed E-state index contributed by atoms with van der Waals surface area (Å²) in [5.74, 6) is 0.0635. The normalized spacial score (nSPS) is 18.1. The van der Waals surface area contributed by atoms with Crippen molar-refractivity contribution in [1.29, 1.82) is 0 Å². The Balaban J connectivity index is 2.13. The third kappa shape index (κ3) is 4.14. The van der Waals surface area contributed by atoms with Crippen molar-refractivity contribution in [3.63, 3.8) is 0 Å². The Hall–Kier alpha value is -2.44. The van der Waals surface area contributed by atoms with E-state index in [0.717, 1.165) is 5.56 Å². The van der Waals surface area contributed by atoms with Crippen molar-refractivity contribution in [2.45, 2.75) is 59.2 Å². The summed E-state index contributed by atoms with van der Waals surface area (Å²) >= 11 is 5.99. The first-order chi connectivity index (χ1) is 13.4. The first-order valence-corrected chi connectivity index (χ1v) is 9.83. The lowest BCUT2D eigenvalue weighted by atomic mass is 9.81. The molecule has 0 aliphatic carbocycles. The fraction of sp³-hybridized carbons (Fsp3) is 0.409. The van der Waals surface area contributed by atoms with Gasteiger partial charge in [0.25, 0.3) is 0 Å². The van der Waals surface area contributed by atoms with Gasteiger partial charge in [0.2, 0.25) is 0 Å². The van der Waals surface area contributed by atoms with E-state index < -0.39 is 11.2 Å². The van der Waals surface area contributed by atoms with Crippen LogP contribution in [0.15, 0.2) is 30.0 Å². The van der Waals surface area contributed by atoms with Crippen LogP contribution in [-0.4, -0.2) is 32.1 Å². The highest BCUT2D eigenvalue weighted by Gasteiger charge is 2.47. The third-order valence-corrected chi connectivity index (χ3v) is 5.03. The van der Waals surface area contributed by atoms with Gasteiger partial charge in [0.05, 0.1) is 5.57 Å². The molecule has 1 N–H and O–H groups in total. The monoisotopic (exact) mass is 416 g/mol. The van der Waals surface area contributed by atoms with Crippen LogP contribution >= 0.6 is 11.6 Å². The molecule has 0 spiro atoms. The molecule has 0 saturated carbocycles. The first-order valence-electron chi connectivity index (χ1n) is 9.45. The number of hydrogen-bond acceptors (Lipinski definition) is 6. The van der Waals surface area contributed by atoms with Crippen molar-refractivity contribution >= 4 is 23.0 Å². The summed E-state index contributed by atoms with van der Waals surface area (Å²) in [6, 6.07) is 7.11. The zero-order valence-corrected chi connectivity index (χ0v) is 18.2. The number of carbonyl (C=O) groups is 1. The number of rotatable bonds is 4. The number of hydrogen-bond donors (Lipinski definition) is 1.